The topological polar surface area (TPSA) is 195 Å². The number of amides is 2. The van der Waals surface area contributed by atoms with Crippen LogP contribution in [0.3, 0.4) is 0 Å². The van der Waals surface area contributed by atoms with E-state index in [-0.39, 0.29) is 33.4 Å². The molecule has 5 N–H and O–H groups in total. The fourth-order valence-corrected chi connectivity index (χ4v) is 5.81. The molecule has 16 heteroatoms. The number of β-lactam (4-membered cyclic amide) rings is 1. The van der Waals surface area contributed by atoms with Gasteiger partial charge in [-0.1, -0.05) is 20.5 Å². The molecule has 0 aliphatic carbocycles. The number of rotatable bonds is 6. The molecule has 1 aromatic heterocycles. The van der Waals surface area contributed by atoms with Gasteiger partial charge in [-0.2, -0.15) is 0 Å². The number of nitrogens with one attached hydrogen (secondary N) is 1. The maximum Gasteiger partial charge on any atom is 0.352 e. The van der Waals surface area contributed by atoms with Crippen molar-refractivity contribution in [2.24, 2.45) is 20.5 Å². The Morgan fingerprint density at radius 2 is 2.24 bits per heavy atom. The van der Waals surface area contributed by atoms with Gasteiger partial charge in [0.2, 0.25) is 6.34 Å². The first-order chi connectivity index (χ1) is 16.3. The van der Waals surface area contributed by atoms with Gasteiger partial charge in [-0.05, 0) is 6.08 Å². The fourth-order valence-electron chi connectivity index (χ4n) is 3.92. The van der Waals surface area contributed by atoms with Crippen LogP contribution in [0.4, 0.5) is 5.13 Å². The minimum atomic E-state index is -1.27. The SMILES string of the molecule is Nc1nc(/C(=N/O)C(=O)N[C@@H]2C(=O)N3C(C(=O)O)=C(C[N+]45C=NN=C4C=CC=N5)CSC23)cs1. The van der Waals surface area contributed by atoms with Gasteiger partial charge in [0.25, 0.3) is 17.6 Å². The second kappa shape index (κ2) is 8.15. The number of allylic oxidation sites excluding steroid dienone is 1. The van der Waals surface area contributed by atoms with Gasteiger partial charge in [0.15, 0.2) is 10.8 Å². The molecule has 0 aromatic carbocycles. The number of nitrogens with two attached hydrogens (primary N) is 1. The first kappa shape index (κ1) is 21.9. The normalized spacial score (nSPS) is 27.3. The highest BCUT2D eigenvalue weighted by Gasteiger charge is 2.55. The monoisotopic (exact) mass is 502 g/mol. The molecule has 0 bridgehead atoms. The average molecular weight is 503 g/mol. The minimum Gasteiger partial charge on any atom is -0.477 e. The number of aliphatic carboxylic acids is 1. The van der Waals surface area contributed by atoms with E-state index in [1.807, 2.05) is 0 Å². The van der Waals surface area contributed by atoms with E-state index in [0.29, 0.717) is 11.4 Å². The predicted molar refractivity (Wildman–Crippen MR) is 123 cm³/mol. The summed E-state index contributed by atoms with van der Waals surface area (Å²) in [5.74, 6) is -1.88. The van der Waals surface area contributed by atoms with Gasteiger partial charge in [-0.15, -0.1) is 27.7 Å². The zero-order chi connectivity index (χ0) is 24.0. The number of carboxylic acid groups (broad SMARTS) is 1. The zero-order valence-corrected chi connectivity index (χ0v) is 18.7. The Balaban J connectivity index is 1.37. The summed E-state index contributed by atoms with van der Waals surface area (Å²) in [5.41, 5.74) is 5.55. The Labute approximate surface area is 199 Å². The van der Waals surface area contributed by atoms with Crippen molar-refractivity contribution in [1.29, 1.82) is 0 Å². The Hall–Kier alpha value is -3.89. The summed E-state index contributed by atoms with van der Waals surface area (Å²) >= 11 is 2.36. The smallest absolute Gasteiger partial charge is 0.352 e. The molecule has 4 aliphatic rings. The van der Waals surface area contributed by atoms with Crippen LogP contribution in [0, 0.1) is 0 Å². The Kier molecular flexibility index (Phi) is 5.26. The molecule has 0 spiro atoms. The second-order valence-corrected chi connectivity index (χ2v) is 9.43. The Bertz CT molecular complexity index is 1300. The molecule has 0 radical (unpaired) electrons. The van der Waals surface area contributed by atoms with E-state index in [9.17, 15) is 24.7 Å². The summed E-state index contributed by atoms with van der Waals surface area (Å²) in [6.07, 6.45) is 6.52. The van der Waals surface area contributed by atoms with Crippen LogP contribution in [0.1, 0.15) is 5.69 Å². The number of oxime groups is 1. The van der Waals surface area contributed by atoms with Crippen LogP contribution in [0.2, 0.25) is 0 Å². The Morgan fingerprint density at radius 1 is 1.41 bits per heavy atom. The third kappa shape index (κ3) is 3.39. The lowest BCUT2D eigenvalue weighted by molar-refractivity contribution is -0.738. The van der Waals surface area contributed by atoms with Gasteiger partial charge in [0, 0.05) is 22.8 Å². The molecule has 3 atom stereocenters. The molecule has 174 valence electrons. The number of carboxylic acids is 1. The number of carbonyl (C=O) groups is 3. The van der Waals surface area contributed by atoms with E-state index in [1.54, 1.807) is 18.4 Å². The molecule has 1 aromatic rings. The molecule has 2 unspecified atom stereocenters. The number of amidine groups is 1. The van der Waals surface area contributed by atoms with Gasteiger partial charge >= 0.3 is 5.97 Å². The molecule has 0 saturated carbocycles. The number of hydrogen-bond acceptors (Lipinski definition) is 12. The maximum atomic E-state index is 12.9. The summed E-state index contributed by atoms with van der Waals surface area (Å²) in [5, 5.41) is 38.0. The number of anilines is 1. The molecule has 2 amide bonds. The van der Waals surface area contributed by atoms with Crippen LogP contribution >= 0.6 is 23.1 Å². The lowest BCUT2D eigenvalue weighted by atomic mass is 10.0. The largest absolute Gasteiger partial charge is 0.477 e. The van der Waals surface area contributed by atoms with E-state index in [1.165, 1.54) is 23.5 Å². The molecule has 4 aliphatic heterocycles. The van der Waals surface area contributed by atoms with Crippen LogP contribution in [0.15, 0.2) is 49.3 Å². The van der Waals surface area contributed by atoms with Crippen molar-refractivity contribution in [3.63, 3.8) is 0 Å². The summed E-state index contributed by atoms with van der Waals surface area (Å²) in [4.78, 5) is 42.8. The fraction of sp³-hybridized carbons (Fsp3) is 0.222. The summed E-state index contributed by atoms with van der Waals surface area (Å²) < 4.78 is -0.122. The van der Waals surface area contributed by atoms with Crippen LogP contribution in [-0.4, -0.2) is 90.4 Å². The summed E-state index contributed by atoms with van der Waals surface area (Å²) in [6, 6.07) is -1.01. The number of thiazole rings is 1. The van der Waals surface area contributed by atoms with Crippen molar-refractivity contribution in [2.75, 3.05) is 18.0 Å². The first-order valence-corrected chi connectivity index (χ1v) is 11.6. The number of carbonyl (C=O) groups excluding carboxylic acids is 2. The van der Waals surface area contributed by atoms with Crippen molar-refractivity contribution >= 4 is 70.1 Å². The Morgan fingerprint density at radius 3 is 2.94 bits per heavy atom. The minimum absolute atomic E-state index is 0.0608. The number of nitrogens with zero attached hydrogens (tertiary/aromatic N) is 7. The molecular formula is C18H16N9O5S2+. The van der Waals surface area contributed by atoms with Gasteiger partial charge in [0.05, 0.1) is 6.21 Å². The van der Waals surface area contributed by atoms with Gasteiger partial charge in [-0.25, -0.2) is 9.78 Å². The van der Waals surface area contributed by atoms with Crippen LogP contribution in [0.5, 0.6) is 0 Å². The van der Waals surface area contributed by atoms with Crippen molar-refractivity contribution in [2.45, 2.75) is 11.4 Å². The van der Waals surface area contributed by atoms with Gasteiger partial charge < -0.3 is 21.4 Å². The molecule has 34 heavy (non-hydrogen) atoms. The van der Waals surface area contributed by atoms with Gasteiger partial charge in [0.1, 0.15) is 29.4 Å². The summed E-state index contributed by atoms with van der Waals surface area (Å²) in [6.45, 7) is 0.137. The van der Waals surface area contributed by atoms with E-state index in [4.69, 9.17) is 5.73 Å². The third-order valence-electron chi connectivity index (χ3n) is 5.45. The van der Waals surface area contributed by atoms with Crippen LogP contribution in [-0.2, 0) is 14.4 Å². The number of quaternary nitrogens is 1. The number of thioether (sulfide) groups is 1. The molecule has 5 rings (SSSR count). The van der Waals surface area contributed by atoms with E-state index in [0.717, 1.165) is 16.2 Å². The van der Waals surface area contributed by atoms with Crippen molar-refractivity contribution in [3.05, 3.63) is 34.5 Å². The third-order valence-corrected chi connectivity index (χ3v) is 7.47. The van der Waals surface area contributed by atoms with Crippen molar-refractivity contribution in [1.82, 2.24) is 15.2 Å². The number of nitrogen functional groups attached to an aromatic ring is 1. The lowest BCUT2D eigenvalue weighted by Gasteiger charge is -2.49. The standard InChI is InChI=1S/C18H15N9O5S2/c19-18-22-9(6-34-18)11(25-32)14(28)23-12-15(29)26-13(17(30)31)8(5-33-16(12)26)4-27-7-20-24-10(27)2-1-3-21-27/h1-3,6-7,12,16H,4-5H2,(H4-,19,22,23,28,30,31,32)/p+1/t12-,16?,27?/m1/s1. The van der Waals surface area contributed by atoms with Gasteiger partial charge in [-0.3, -0.25) is 14.5 Å². The number of hydrogen-bond donors (Lipinski definition) is 4. The zero-order valence-electron chi connectivity index (χ0n) is 17.1. The van der Waals surface area contributed by atoms with Crippen molar-refractivity contribution in [3.8, 4) is 0 Å². The molecule has 5 heterocycles. The maximum absolute atomic E-state index is 12.9. The predicted octanol–water partition coefficient (Wildman–Crippen LogP) is -0.630. The van der Waals surface area contributed by atoms with Crippen LogP contribution < -0.4 is 11.1 Å². The number of aromatic nitrogens is 1. The molecule has 14 nitrogen and oxygen atoms in total. The lowest BCUT2D eigenvalue weighted by Crippen LogP contribution is -2.71. The van der Waals surface area contributed by atoms with E-state index >= 15 is 0 Å². The second-order valence-electron chi connectivity index (χ2n) is 7.44. The first-order valence-electron chi connectivity index (χ1n) is 9.71. The van der Waals surface area contributed by atoms with E-state index in [2.05, 4.69) is 30.8 Å². The summed E-state index contributed by atoms with van der Waals surface area (Å²) in [7, 11) is 0. The quantitative estimate of drug-likeness (QED) is 0.130. The van der Waals surface area contributed by atoms with E-state index < -0.39 is 34.9 Å². The highest BCUT2D eigenvalue weighted by atomic mass is 32.2. The molecule has 1 fully saturated rings. The highest BCUT2D eigenvalue weighted by molar-refractivity contribution is 8.00. The van der Waals surface area contributed by atoms with Crippen LogP contribution in [0.25, 0.3) is 0 Å². The highest BCUT2D eigenvalue weighted by Crippen LogP contribution is 2.41. The molecule has 1 saturated heterocycles. The number of fused-ring (bicyclic) bond motifs is 2. The average Bonchev–Trinajstić information content (AvgIpc) is 3.43. The molecular weight excluding hydrogens is 486 g/mol. The van der Waals surface area contributed by atoms with Crippen molar-refractivity contribution < 1.29 is 29.3 Å².